The number of hydrogen-bond acceptors (Lipinski definition) is 1. The smallest absolute Gasteiger partial charge is 0.141 e. The predicted octanol–water partition coefficient (Wildman–Crippen LogP) is 4.57. The summed E-state index contributed by atoms with van der Waals surface area (Å²) in [6, 6.07) is 15.7. The van der Waals surface area contributed by atoms with Crippen LogP contribution in [0.5, 0.6) is 0 Å². The summed E-state index contributed by atoms with van der Waals surface area (Å²) in [5.41, 5.74) is 2.11. The molecule has 2 aromatic rings. The number of halogens is 2. The van der Waals surface area contributed by atoms with Crippen molar-refractivity contribution in [3.63, 3.8) is 0 Å². The Morgan fingerprint density at radius 3 is 1.39 bits per heavy atom. The maximum atomic E-state index is 11.9. The minimum absolute atomic E-state index is 0.236. The molecule has 0 aliphatic rings. The number of Topliss-reactive ketones (excluding diaryl/α,β-unsaturated/α-hetero) is 1. The Kier molecular flexibility index (Phi) is 4.72. The van der Waals surface area contributed by atoms with E-state index >= 15 is 0 Å². The molecule has 2 rings (SSSR count). The van der Waals surface area contributed by atoms with E-state index in [2.05, 4.69) is 31.9 Å². The van der Waals surface area contributed by atoms with Crippen LogP contribution in [-0.4, -0.2) is 5.78 Å². The molecule has 0 radical (unpaired) electrons. The number of benzene rings is 2. The highest BCUT2D eigenvalue weighted by molar-refractivity contribution is 9.10. The molecule has 1 nitrogen and oxygen atoms in total. The average molecular weight is 368 g/mol. The van der Waals surface area contributed by atoms with Gasteiger partial charge in [0, 0.05) is 21.8 Å². The van der Waals surface area contributed by atoms with E-state index in [1.54, 1.807) is 0 Å². The minimum Gasteiger partial charge on any atom is -0.299 e. The second kappa shape index (κ2) is 6.30. The summed E-state index contributed by atoms with van der Waals surface area (Å²) in [7, 11) is 0. The van der Waals surface area contributed by atoms with Gasteiger partial charge in [-0.2, -0.15) is 0 Å². The Balaban J connectivity index is 1.96. The van der Waals surface area contributed by atoms with Gasteiger partial charge in [0.15, 0.2) is 0 Å². The molecule has 3 heteroatoms. The fraction of sp³-hybridized carbons (Fsp3) is 0.133. The first-order chi connectivity index (χ1) is 8.63. The van der Waals surface area contributed by atoms with E-state index in [9.17, 15) is 4.79 Å². The number of carbonyl (C=O) groups excluding carboxylic acids is 1. The van der Waals surface area contributed by atoms with Crippen LogP contribution in [0.3, 0.4) is 0 Å². The molecule has 0 N–H and O–H groups in total. The van der Waals surface area contributed by atoms with E-state index in [1.807, 2.05) is 48.5 Å². The van der Waals surface area contributed by atoms with Crippen molar-refractivity contribution >= 4 is 37.6 Å². The first kappa shape index (κ1) is 13.5. The zero-order valence-corrected chi connectivity index (χ0v) is 12.9. The van der Waals surface area contributed by atoms with Gasteiger partial charge in [0.1, 0.15) is 5.78 Å². The quantitative estimate of drug-likeness (QED) is 0.773. The Morgan fingerprint density at radius 2 is 1.06 bits per heavy atom. The summed E-state index contributed by atoms with van der Waals surface area (Å²) in [5, 5.41) is 0. The van der Waals surface area contributed by atoms with Crippen LogP contribution in [-0.2, 0) is 17.6 Å². The molecule has 0 bridgehead atoms. The van der Waals surface area contributed by atoms with Gasteiger partial charge in [-0.1, -0.05) is 56.1 Å². The fourth-order valence-corrected chi connectivity index (χ4v) is 2.25. The van der Waals surface area contributed by atoms with Crippen LogP contribution in [0.2, 0.25) is 0 Å². The lowest BCUT2D eigenvalue weighted by Crippen LogP contribution is -2.06. The van der Waals surface area contributed by atoms with E-state index in [0.29, 0.717) is 12.8 Å². The summed E-state index contributed by atoms with van der Waals surface area (Å²) in [4.78, 5) is 11.9. The molecule has 0 saturated carbocycles. The van der Waals surface area contributed by atoms with Crippen LogP contribution >= 0.6 is 31.9 Å². The van der Waals surface area contributed by atoms with Gasteiger partial charge in [0.25, 0.3) is 0 Å². The number of carbonyl (C=O) groups is 1. The van der Waals surface area contributed by atoms with Crippen molar-refractivity contribution in [3.05, 3.63) is 68.6 Å². The van der Waals surface area contributed by atoms with Crippen molar-refractivity contribution < 1.29 is 4.79 Å². The summed E-state index contributed by atoms with van der Waals surface area (Å²) in [6.45, 7) is 0. The average Bonchev–Trinajstić information content (AvgIpc) is 2.35. The molecular formula is C15H12Br2O. The first-order valence-electron chi connectivity index (χ1n) is 5.64. The Hall–Kier alpha value is -0.930. The van der Waals surface area contributed by atoms with Crippen LogP contribution in [0, 0.1) is 0 Å². The van der Waals surface area contributed by atoms with E-state index in [-0.39, 0.29) is 5.78 Å². The van der Waals surface area contributed by atoms with Crippen molar-refractivity contribution in [1.29, 1.82) is 0 Å². The molecule has 0 aliphatic carbocycles. The van der Waals surface area contributed by atoms with E-state index in [0.717, 1.165) is 20.1 Å². The highest BCUT2D eigenvalue weighted by Crippen LogP contribution is 2.14. The van der Waals surface area contributed by atoms with Gasteiger partial charge in [-0.25, -0.2) is 0 Å². The third-order valence-corrected chi connectivity index (χ3v) is 3.69. The highest BCUT2D eigenvalue weighted by Gasteiger charge is 2.05. The SMILES string of the molecule is O=C(Cc1ccc(Br)cc1)Cc1ccc(Br)cc1. The molecule has 2 aromatic carbocycles. The normalized spacial score (nSPS) is 10.3. The molecule has 0 fully saturated rings. The Labute approximate surface area is 123 Å². The predicted molar refractivity (Wildman–Crippen MR) is 80.7 cm³/mol. The second-order valence-electron chi connectivity index (χ2n) is 4.15. The fourth-order valence-electron chi connectivity index (χ4n) is 1.72. The summed E-state index contributed by atoms with van der Waals surface area (Å²) in [6.07, 6.45) is 0.979. The molecule has 0 atom stereocenters. The van der Waals surface area contributed by atoms with Crippen LogP contribution < -0.4 is 0 Å². The molecule has 0 heterocycles. The van der Waals surface area contributed by atoms with Crippen LogP contribution in [0.15, 0.2) is 57.5 Å². The third kappa shape index (κ3) is 4.07. The van der Waals surface area contributed by atoms with Gasteiger partial charge in [-0.05, 0) is 35.4 Å². The highest BCUT2D eigenvalue weighted by atomic mass is 79.9. The van der Waals surface area contributed by atoms with Crippen molar-refractivity contribution in [3.8, 4) is 0 Å². The van der Waals surface area contributed by atoms with Gasteiger partial charge < -0.3 is 0 Å². The monoisotopic (exact) mass is 366 g/mol. The number of hydrogen-bond donors (Lipinski definition) is 0. The molecule has 0 unspecified atom stereocenters. The summed E-state index contributed by atoms with van der Waals surface area (Å²) >= 11 is 6.77. The molecule has 18 heavy (non-hydrogen) atoms. The maximum absolute atomic E-state index is 11.9. The molecule has 0 amide bonds. The zero-order valence-electron chi connectivity index (χ0n) is 9.70. The van der Waals surface area contributed by atoms with Crippen molar-refractivity contribution in [2.45, 2.75) is 12.8 Å². The van der Waals surface area contributed by atoms with Crippen LogP contribution in [0.25, 0.3) is 0 Å². The molecule has 0 spiro atoms. The van der Waals surface area contributed by atoms with E-state index < -0.39 is 0 Å². The summed E-state index contributed by atoms with van der Waals surface area (Å²) in [5.74, 6) is 0.236. The first-order valence-corrected chi connectivity index (χ1v) is 7.23. The van der Waals surface area contributed by atoms with Crippen LogP contribution in [0.4, 0.5) is 0 Å². The van der Waals surface area contributed by atoms with Gasteiger partial charge in [-0.15, -0.1) is 0 Å². The largest absolute Gasteiger partial charge is 0.299 e. The minimum atomic E-state index is 0.236. The maximum Gasteiger partial charge on any atom is 0.141 e. The van der Waals surface area contributed by atoms with Crippen molar-refractivity contribution in [1.82, 2.24) is 0 Å². The topological polar surface area (TPSA) is 17.1 Å². The zero-order chi connectivity index (χ0) is 13.0. The lowest BCUT2D eigenvalue weighted by atomic mass is 10.0. The molecule has 92 valence electrons. The standard InChI is InChI=1S/C15H12Br2O/c16-13-5-1-11(2-6-13)9-15(18)10-12-3-7-14(17)8-4-12/h1-8H,9-10H2. The second-order valence-corrected chi connectivity index (χ2v) is 5.98. The van der Waals surface area contributed by atoms with Crippen molar-refractivity contribution in [2.24, 2.45) is 0 Å². The van der Waals surface area contributed by atoms with Crippen LogP contribution in [0.1, 0.15) is 11.1 Å². The van der Waals surface area contributed by atoms with Crippen molar-refractivity contribution in [2.75, 3.05) is 0 Å². The Bertz CT molecular complexity index is 480. The van der Waals surface area contributed by atoms with Gasteiger partial charge in [-0.3, -0.25) is 4.79 Å². The lowest BCUT2D eigenvalue weighted by molar-refractivity contribution is -0.117. The van der Waals surface area contributed by atoms with Gasteiger partial charge in [0.2, 0.25) is 0 Å². The number of rotatable bonds is 4. The molecular weight excluding hydrogens is 356 g/mol. The molecule has 0 saturated heterocycles. The van der Waals surface area contributed by atoms with Gasteiger partial charge >= 0.3 is 0 Å². The van der Waals surface area contributed by atoms with E-state index in [4.69, 9.17) is 0 Å². The number of ketones is 1. The summed E-state index contributed by atoms with van der Waals surface area (Å²) < 4.78 is 2.07. The Morgan fingerprint density at radius 1 is 0.722 bits per heavy atom. The van der Waals surface area contributed by atoms with Gasteiger partial charge in [0.05, 0.1) is 0 Å². The third-order valence-electron chi connectivity index (χ3n) is 2.63. The molecule has 0 aromatic heterocycles. The molecule has 0 aliphatic heterocycles. The van der Waals surface area contributed by atoms with E-state index in [1.165, 1.54) is 0 Å². The lowest BCUT2D eigenvalue weighted by Gasteiger charge is -2.02.